The van der Waals surface area contributed by atoms with E-state index in [1.165, 1.54) is 11.1 Å². The first-order chi connectivity index (χ1) is 11.3. The third-order valence-corrected chi connectivity index (χ3v) is 7.34. The van der Waals surface area contributed by atoms with E-state index < -0.39 is 6.10 Å². The number of allylic oxidation sites excluding steroid dienone is 5. The fourth-order valence-corrected chi connectivity index (χ4v) is 6.04. The van der Waals surface area contributed by atoms with Gasteiger partial charge in [0, 0.05) is 10.8 Å². The van der Waals surface area contributed by atoms with Gasteiger partial charge in [-0.15, -0.1) is 0 Å². The van der Waals surface area contributed by atoms with Gasteiger partial charge in [-0.25, -0.2) is 0 Å². The molecule has 1 fully saturated rings. The quantitative estimate of drug-likeness (QED) is 0.750. The number of fused-ring (bicyclic) bond motifs is 5. The Bertz CT molecular complexity index is 725. The van der Waals surface area contributed by atoms with E-state index in [0.717, 1.165) is 31.3 Å². The van der Waals surface area contributed by atoms with Crippen molar-refractivity contribution in [3.8, 4) is 0 Å². The first-order valence-electron chi connectivity index (χ1n) is 9.12. The van der Waals surface area contributed by atoms with E-state index >= 15 is 0 Å². The van der Waals surface area contributed by atoms with Crippen LogP contribution in [0.3, 0.4) is 0 Å². The molecule has 0 spiro atoms. The third kappa shape index (κ3) is 1.94. The maximum Gasteiger partial charge on any atom is 0.184 e. The first-order valence-corrected chi connectivity index (χ1v) is 9.12. The van der Waals surface area contributed by atoms with Crippen LogP contribution in [0.4, 0.5) is 0 Å². The van der Waals surface area contributed by atoms with Crippen molar-refractivity contribution in [2.75, 3.05) is 0 Å². The van der Waals surface area contributed by atoms with Crippen LogP contribution in [-0.2, 0) is 9.59 Å². The lowest BCUT2D eigenvalue weighted by Crippen LogP contribution is -2.46. The third-order valence-electron chi connectivity index (χ3n) is 7.34. The zero-order chi connectivity index (χ0) is 17.3. The Morgan fingerprint density at radius 1 is 1.29 bits per heavy atom. The molecule has 3 nitrogen and oxygen atoms in total. The van der Waals surface area contributed by atoms with Crippen LogP contribution in [0.25, 0.3) is 0 Å². The van der Waals surface area contributed by atoms with Crippen LogP contribution < -0.4 is 0 Å². The number of Topliss-reactive ketones (excluding diaryl/α,β-unsaturated/α-hetero) is 1. The molecule has 0 heterocycles. The van der Waals surface area contributed by atoms with Crippen molar-refractivity contribution in [3.05, 3.63) is 34.9 Å². The summed E-state index contributed by atoms with van der Waals surface area (Å²) in [6, 6.07) is 0. The van der Waals surface area contributed by atoms with Gasteiger partial charge in [0.05, 0.1) is 0 Å². The fourth-order valence-electron chi connectivity index (χ4n) is 6.04. The molecule has 0 radical (unpaired) electrons. The molecule has 3 heteroatoms. The predicted molar refractivity (Wildman–Crippen MR) is 92.2 cm³/mol. The van der Waals surface area contributed by atoms with E-state index in [4.69, 9.17) is 0 Å². The topological polar surface area (TPSA) is 54.4 Å². The van der Waals surface area contributed by atoms with Gasteiger partial charge < -0.3 is 5.11 Å². The van der Waals surface area contributed by atoms with Crippen molar-refractivity contribution in [1.29, 1.82) is 0 Å². The molecule has 0 aromatic rings. The van der Waals surface area contributed by atoms with E-state index in [9.17, 15) is 14.7 Å². The van der Waals surface area contributed by atoms with Crippen molar-refractivity contribution in [3.63, 3.8) is 0 Å². The molecule has 0 bridgehead atoms. The summed E-state index contributed by atoms with van der Waals surface area (Å²) in [5, 5.41) is 10.1. The largest absolute Gasteiger partial charge is 0.385 e. The summed E-state index contributed by atoms with van der Waals surface area (Å²) < 4.78 is 0. The lowest BCUT2D eigenvalue weighted by molar-refractivity contribution is -0.124. The Morgan fingerprint density at radius 3 is 2.75 bits per heavy atom. The molecule has 0 aliphatic heterocycles. The van der Waals surface area contributed by atoms with Crippen LogP contribution in [0.2, 0.25) is 0 Å². The monoisotopic (exact) mass is 326 g/mol. The van der Waals surface area contributed by atoms with E-state index in [2.05, 4.69) is 26.0 Å². The van der Waals surface area contributed by atoms with Gasteiger partial charge in [0.2, 0.25) is 0 Å². The van der Waals surface area contributed by atoms with Gasteiger partial charge in [-0.1, -0.05) is 37.1 Å². The Kier molecular flexibility index (Phi) is 3.34. The molecule has 0 aromatic heterocycles. The van der Waals surface area contributed by atoms with Crippen molar-refractivity contribution < 1.29 is 14.7 Å². The fraction of sp³-hybridized carbons (Fsp3) is 0.619. The number of rotatable bonds is 1. The summed E-state index contributed by atoms with van der Waals surface area (Å²) in [7, 11) is 0. The van der Waals surface area contributed by atoms with Gasteiger partial charge in [0.25, 0.3) is 0 Å². The van der Waals surface area contributed by atoms with Gasteiger partial charge in [-0.2, -0.15) is 0 Å². The summed E-state index contributed by atoms with van der Waals surface area (Å²) in [6.45, 7) is 6.13. The Morgan fingerprint density at radius 2 is 2.04 bits per heavy atom. The molecular formula is C21H26O3. The molecule has 4 aliphatic rings. The average molecular weight is 326 g/mol. The Labute approximate surface area is 143 Å². The van der Waals surface area contributed by atoms with Crippen molar-refractivity contribution in [1.82, 2.24) is 0 Å². The van der Waals surface area contributed by atoms with Crippen LogP contribution in [0.1, 0.15) is 52.9 Å². The Balaban J connectivity index is 1.76. The molecule has 0 amide bonds. The molecule has 4 aliphatic carbocycles. The predicted octanol–water partition coefficient (Wildman–Crippen LogP) is 3.53. The maximum atomic E-state index is 12.1. The zero-order valence-corrected chi connectivity index (χ0v) is 14.8. The summed E-state index contributed by atoms with van der Waals surface area (Å²) >= 11 is 0. The first kappa shape index (κ1) is 16.0. The van der Waals surface area contributed by atoms with Gasteiger partial charge in [-0.3, -0.25) is 9.59 Å². The maximum absolute atomic E-state index is 12.1. The lowest BCUT2D eigenvalue weighted by atomic mass is 9.51. The van der Waals surface area contributed by atoms with E-state index in [-0.39, 0.29) is 22.4 Å². The molecule has 0 aromatic carbocycles. The standard InChI is InChI=1S/C21H26O3/c1-12(22)15-6-7-16-14-5-4-13-10-18(23)19(24)11-21(13,3)17(14)8-9-20(15,16)2/h6,8,10,14,16,19,24H,4-5,7,9,11H2,1-3H3/t14-,16-,19?,20+,21-/m0/s1. The number of hydrogen-bond donors (Lipinski definition) is 1. The van der Waals surface area contributed by atoms with E-state index in [0.29, 0.717) is 18.3 Å². The highest BCUT2D eigenvalue weighted by atomic mass is 16.3. The van der Waals surface area contributed by atoms with Crippen LogP contribution in [0.15, 0.2) is 34.9 Å². The number of hydrogen-bond acceptors (Lipinski definition) is 3. The van der Waals surface area contributed by atoms with Crippen LogP contribution in [0.5, 0.6) is 0 Å². The molecule has 128 valence electrons. The summed E-state index contributed by atoms with van der Waals surface area (Å²) in [4.78, 5) is 24.0. The molecule has 1 saturated carbocycles. The van der Waals surface area contributed by atoms with E-state index in [1.807, 2.05) is 0 Å². The minimum Gasteiger partial charge on any atom is -0.385 e. The second-order valence-electron chi connectivity index (χ2n) is 8.57. The number of aliphatic hydroxyl groups excluding tert-OH is 1. The molecule has 24 heavy (non-hydrogen) atoms. The number of ketones is 2. The van der Waals surface area contributed by atoms with Gasteiger partial charge in [0.1, 0.15) is 6.10 Å². The van der Waals surface area contributed by atoms with Crippen LogP contribution in [0, 0.1) is 22.7 Å². The second kappa shape index (κ2) is 5.01. The number of carbonyl (C=O) groups excluding carboxylic acids is 2. The highest BCUT2D eigenvalue weighted by molar-refractivity contribution is 5.96. The molecular weight excluding hydrogens is 300 g/mol. The highest BCUT2D eigenvalue weighted by Crippen LogP contribution is 2.63. The molecule has 5 atom stereocenters. The van der Waals surface area contributed by atoms with Gasteiger partial charge >= 0.3 is 0 Å². The average Bonchev–Trinajstić information content (AvgIpc) is 2.86. The lowest BCUT2D eigenvalue weighted by Gasteiger charge is -2.53. The normalized spacial score (nSPS) is 43.9. The van der Waals surface area contributed by atoms with Crippen LogP contribution in [-0.4, -0.2) is 22.8 Å². The smallest absolute Gasteiger partial charge is 0.184 e. The summed E-state index contributed by atoms with van der Waals surface area (Å²) in [5.41, 5.74) is 3.39. The zero-order valence-electron chi connectivity index (χ0n) is 14.8. The van der Waals surface area contributed by atoms with Crippen LogP contribution >= 0.6 is 0 Å². The minimum atomic E-state index is -0.874. The van der Waals surface area contributed by atoms with Crippen molar-refractivity contribution in [2.24, 2.45) is 22.7 Å². The second-order valence-corrected chi connectivity index (χ2v) is 8.57. The summed E-state index contributed by atoms with van der Waals surface area (Å²) in [6.07, 6.45) is 9.68. The molecule has 1 N–H and O–H groups in total. The van der Waals surface area contributed by atoms with Gasteiger partial charge in [-0.05, 0) is 62.5 Å². The molecule has 0 saturated heterocycles. The number of carbonyl (C=O) groups is 2. The van der Waals surface area contributed by atoms with Crippen molar-refractivity contribution in [2.45, 2.75) is 59.0 Å². The minimum absolute atomic E-state index is 0.0410. The SMILES string of the molecule is CC(=O)C1=CC[C@H]2[C@@H]3CCC4=CC(=O)C(O)C[C@]4(C)C3=CC[C@]12C. The molecule has 4 rings (SSSR count). The Hall–Kier alpha value is -1.48. The van der Waals surface area contributed by atoms with Gasteiger partial charge in [0.15, 0.2) is 11.6 Å². The van der Waals surface area contributed by atoms with Crippen molar-refractivity contribution >= 4 is 11.6 Å². The highest BCUT2D eigenvalue weighted by Gasteiger charge is 2.55. The number of aliphatic hydroxyl groups is 1. The molecule has 1 unspecified atom stereocenters. The van der Waals surface area contributed by atoms with E-state index in [1.54, 1.807) is 13.0 Å². The summed E-state index contributed by atoms with van der Waals surface area (Å²) in [5.74, 6) is 1.01.